The maximum absolute atomic E-state index is 13.8. The Morgan fingerprint density at radius 3 is 2.71 bits per heavy atom. The maximum atomic E-state index is 13.8. The molecule has 94 valence electrons. The molecule has 0 aliphatic heterocycles. The van der Waals surface area contributed by atoms with E-state index in [0.717, 1.165) is 23.0 Å². The van der Waals surface area contributed by atoms with Gasteiger partial charge in [0.15, 0.2) is 0 Å². The third-order valence-corrected chi connectivity index (χ3v) is 4.28. The van der Waals surface area contributed by atoms with Crippen molar-refractivity contribution in [2.45, 2.75) is 32.1 Å². The maximum Gasteiger partial charge on any atom is 0.126 e. The number of halogens is 2. The zero-order chi connectivity index (χ0) is 12.3. The van der Waals surface area contributed by atoms with Gasteiger partial charge in [0.05, 0.1) is 0 Å². The van der Waals surface area contributed by atoms with E-state index in [2.05, 4.69) is 21.2 Å². The molecule has 1 aliphatic rings. The summed E-state index contributed by atoms with van der Waals surface area (Å²) in [7, 11) is 1.98. The highest BCUT2D eigenvalue weighted by molar-refractivity contribution is 9.10. The molecule has 1 fully saturated rings. The van der Waals surface area contributed by atoms with Gasteiger partial charge in [0.2, 0.25) is 0 Å². The quantitative estimate of drug-likeness (QED) is 0.889. The Kier molecular flexibility index (Phi) is 4.21. The van der Waals surface area contributed by atoms with Crippen LogP contribution in [0.5, 0.6) is 0 Å². The number of nitrogens with one attached hydrogen (secondary N) is 1. The first kappa shape index (κ1) is 13.0. The smallest absolute Gasteiger partial charge is 0.126 e. The first-order valence-electron chi connectivity index (χ1n) is 6.24. The van der Waals surface area contributed by atoms with Crippen LogP contribution < -0.4 is 5.32 Å². The van der Waals surface area contributed by atoms with Crippen molar-refractivity contribution in [2.24, 2.45) is 5.41 Å². The van der Waals surface area contributed by atoms with Crippen molar-refractivity contribution in [3.8, 4) is 0 Å². The average Bonchev–Trinajstić information content (AvgIpc) is 2.73. The van der Waals surface area contributed by atoms with Crippen LogP contribution in [0, 0.1) is 11.2 Å². The molecule has 0 radical (unpaired) electrons. The number of hydrogen-bond donors (Lipinski definition) is 1. The average molecular weight is 300 g/mol. The molecular formula is C14H19BrFN. The van der Waals surface area contributed by atoms with E-state index in [1.807, 2.05) is 13.1 Å². The van der Waals surface area contributed by atoms with Crippen molar-refractivity contribution in [1.29, 1.82) is 0 Å². The van der Waals surface area contributed by atoms with E-state index < -0.39 is 0 Å². The van der Waals surface area contributed by atoms with Crippen LogP contribution >= 0.6 is 15.9 Å². The van der Waals surface area contributed by atoms with Crippen molar-refractivity contribution in [3.63, 3.8) is 0 Å². The highest BCUT2D eigenvalue weighted by Crippen LogP contribution is 2.41. The van der Waals surface area contributed by atoms with Crippen molar-refractivity contribution in [1.82, 2.24) is 5.32 Å². The molecule has 17 heavy (non-hydrogen) atoms. The van der Waals surface area contributed by atoms with Gasteiger partial charge in [0, 0.05) is 11.0 Å². The summed E-state index contributed by atoms with van der Waals surface area (Å²) < 4.78 is 14.8. The van der Waals surface area contributed by atoms with E-state index in [-0.39, 0.29) is 11.2 Å². The molecule has 0 atom stereocenters. The van der Waals surface area contributed by atoms with Crippen LogP contribution in [0.2, 0.25) is 0 Å². The molecule has 1 N–H and O–H groups in total. The largest absolute Gasteiger partial charge is 0.319 e. The van der Waals surface area contributed by atoms with Crippen LogP contribution in [-0.4, -0.2) is 13.6 Å². The first-order chi connectivity index (χ1) is 8.15. The molecule has 1 saturated carbocycles. The van der Waals surface area contributed by atoms with E-state index in [0.29, 0.717) is 0 Å². The second-order valence-electron chi connectivity index (χ2n) is 5.15. The molecule has 0 spiro atoms. The normalized spacial score (nSPS) is 18.5. The van der Waals surface area contributed by atoms with Gasteiger partial charge >= 0.3 is 0 Å². The molecular weight excluding hydrogens is 281 g/mol. The van der Waals surface area contributed by atoms with Crippen molar-refractivity contribution in [3.05, 3.63) is 34.1 Å². The summed E-state index contributed by atoms with van der Waals surface area (Å²) in [4.78, 5) is 0. The zero-order valence-corrected chi connectivity index (χ0v) is 11.8. The van der Waals surface area contributed by atoms with Gasteiger partial charge in [-0.3, -0.25) is 0 Å². The third kappa shape index (κ3) is 3.08. The number of rotatable bonds is 4. The third-order valence-electron chi connectivity index (χ3n) is 3.79. The van der Waals surface area contributed by atoms with E-state index in [1.165, 1.54) is 25.7 Å². The van der Waals surface area contributed by atoms with Gasteiger partial charge in [-0.05, 0) is 55.5 Å². The lowest BCUT2D eigenvalue weighted by Crippen LogP contribution is -2.32. The Hall–Kier alpha value is -0.410. The highest BCUT2D eigenvalue weighted by Gasteiger charge is 2.33. The monoisotopic (exact) mass is 299 g/mol. The van der Waals surface area contributed by atoms with Gasteiger partial charge < -0.3 is 5.32 Å². The van der Waals surface area contributed by atoms with E-state index in [4.69, 9.17) is 0 Å². The Labute approximate surface area is 111 Å². The molecule has 1 aromatic carbocycles. The summed E-state index contributed by atoms with van der Waals surface area (Å²) in [5, 5.41) is 3.27. The van der Waals surface area contributed by atoms with E-state index in [9.17, 15) is 4.39 Å². The summed E-state index contributed by atoms with van der Waals surface area (Å²) in [6.45, 7) is 0.985. The summed E-state index contributed by atoms with van der Waals surface area (Å²) in [6.07, 6.45) is 5.81. The van der Waals surface area contributed by atoms with E-state index >= 15 is 0 Å². The second-order valence-corrected chi connectivity index (χ2v) is 6.07. The molecule has 0 unspecified atom stereocenters. The Balaban J connectivity index is 2.19. The summed E-state index contributed by atoms with van der Waals surface area (Å²) in [5.74, 6) is -0.0735. The van der Waals surface area contributed by atoms with Gasteiger partial charge in [-0.25, -0.2) is 4.39 Å². The summed E-state index contributed by atoms with van der Waals surface area (Å²) in [6, 6.07) is 5.24. The number of hydrogen-bond acceptors (Lipinski definition) is 1. The highest BCUT2D eigenvalue weighted by atomic mass is 79.9. The lowest BCUT2D eigenvalue weighted by Gasteiger charge is -2.29. The molecule has 0 amide bonds. The van der Waals surface area contributed by atoms with Crippen LogP contribution in [0.15, 0.2) is 22.7 Å². The predicted molar refractivity (Wildman–Crippen MR) is 72.6 cm³/mol. The molecule has 1 aromatic rings. The fourth-order valence-corrected chi connectivity index (χ4v) is 3.41. The van der Waals surface area contributed by atoms with Gasteiger partial charge in [-0.2, -0.15) is 0 Å². The van der Waals surface area contributed by atoms with Crippen LogP contribution in [0.3, 0.4) is 0 Å². The first-order valence-corrected chi connectivity index (χ1v) is 7.03. The van der Waals surface area contributed by atoms with Crippen LogP contribution in [0.25, 0.3) is 0 Å². The minimum absolute atomic E-state index is 0.0735. The van der Waals surface area contributed by atoms with Gasteiger partial charge in [-0.1, -0.05) is 28.8 Å². The minimum atomic E-state index is -0.0735. The zero-order valence-electron chi connectivity index (χ0n) is 10.2. The van der Waals surface area contributed by atoms with Gasteiger partial charge in [0.25, 0.3) is 0 Å². The molecule has 1 nitrogen and oxygen atoms in total. The molecule has 0 saturated heterocycles. The molecule has 0 heterocycles. The Morgan fingerprint density at radius 2 is 2.06 bits per heavy atom. The topological polar surface area (TPSA) is 12.0 Å². The SMILES string of the molecule is CNCC1(Cc2cc(Br)ccc2F)CCCC1. The molecule has 0 bridgehead atoms. The molecule has 0 aromatic heterocycles. The van der Waals surface area contributed by atoms with Crippen LogP contribution in [0.1, 0.15) is 31.2 Å². The lowest BCUT2D eigenvalue weighted by atomic mass is 9.80. The van der Waals surface area contributed by atoms with Crippen molar-refractivity contribution < 1.29 is 4.39 Å². The minimum Gasteiger partial charge on any atom is -0.319 e. The Morgan fingerprint density at radius 1 is 1.35 bits per heavy atom. The fourth-order valence-electron chi connectivity index (χ4n) is 3.00. The van der Waals surface area contributed by atoms with Gasteiger partial charge in [-0.15, -0.1) is 0 Å². The van der Waals surface area contributed by atoms with Crippen LogP contribution in [0.4, 0.5) is 4.39 Å². The number of benzene rings is 1. The summed E-state index contributed by atoms with van der Waals surface area (Å²) in [5.41, 5.74) is 1.10. The van der Waals surface area contributed by atoms with E-state index in [1.54, 1.807) is 12.1 Å². The second kappa shape index (κ2) is 5.49. The van der Waals surface area contributed by atoms with Crippen molar-refractivity contribution in [2.75, 3.05) is 13.6 Å². The fraction of sp³-hybridized carbons (Fsp3) is 0.571. The molecule has 3 heteroatoms. The molecule has 1 aliphatic carbocycles. The molecule has 2 rings (SSSR count). The van der Waals surface area contributed by atoms with Gasteiger partial charge in [0.1, 0.15) is 5.82 Å². The predicted octanol–water partition coefficient (Wildman–Crippen LogP) is 3.91. The standard InChI is InChI=1S/C14H19BrFN/c1-17-10-14(6-2-3-7-14)9-11-8-12(15)4-5-13(11)16/h4-5,8,17H,2-3,6-7,9-10H2,1H3. The van der Waals surface area contributed by atoms with Crippen molar-refractivity contribution >= 4 is 15.9 Å². The lowest BCUT2D eigenvalue weighted by molar-refractivity contribution is 0.282. The Bertz CT molecular complexity index is 386. The summed E-state index contributed by atoms with van der Waals surface area (Å²) >= 11 is 3.42. The van der Waals surface area contributed by atoms with Crippen LogP contribution in [-0.2, 0) is 6.42 Å².